The van der Waals surface area contributed by atoms with E-state index < -0.39 is 5.97 Å². The number of rotatable bonds is 9. The van der Waals surface area contributed by atoms with Gasteiger partial charge in [-0.15, -0.1) is 0 Å². The number of likely N-dealkylation sites (tertiary alicyclic amines) is 1. The number of piperidine rings is 1. The minimum atomic E-state index is -0.842. The van der Waals surface area contributed by atoms with Crippen LogP contribution in [-0.2, 0) is 11.2 Å². The van der Waals surface area contributed by atoms with Crippen molar-refractivity contribution in [2.45, 2.75) is 57.5 Å². The van der Waals surface area contributed by atoms with Crippen LogP contribution in [0, 0.1) is 0 Å². The SMILES string of the molecule is CCN1CCCCC1CNC(=O)NC(CCC(=O)O)Cc1ccccc1. The van der Waals surface area contributed by atoms with Gasteiger partial charge in [-0.05, 0) is 44.3 Å². The highest BCUT2D eigenvalue weighted by molar-refractivity contribution is 5.74. The first-order valence-electron chi connectivity index (χ1n) is 9.62. The van der Waals surface area contributed by atoms with Gasteiger partial charge in [-0.2, -0.15) is 0 Å². The molecule has 0 aromatic heterocycles. The van der Waals surface area contributed by atoms with Gasteiger partial charge in [0.1, 0.15) is 0 Å². The van der Waals surface area contributed by atoms with Gasteiger partial charge in [0.2, 0.25) is 0 Å². The number of likely N-dealkylation sites (N-methyl/N-ethyl adjacent to an activating group) is 1. The van der Waals surface area contributed by atoms with E-state index in [2.05, 4.69) is 22.5 Å². The van der Waals surface area contributed by atoms with Crippen LogP contribution in [-0.4, -0.2) is 53.7 Å². The summed E-state index contributed by atoms with van der Waals surface area (Å²) in [5, 5.41) is 14.9. The largest absolute Gasteiger partial charge is 0.481 e. The number of benzene rings is 1. The number of urea groups is 1. The van der Waals surface area contributed by atoms with E-state index in [4.69, 9.17) is 5.11 Å². The van der Waals surface area contributed by atoms with Crippen LogP contribution < -0.4 is 10.6 Å². The Balaban J connectivity index is 1.84. The molecule has 26 heavy (non-hydrogen) atoms. The molecule has 3 N–H and O–H groups in total. The molecule has 0 bridgehead atoms. The lowest BCUT2D eigenvalue weighted by molar-refractivity contribution is -0.137. The van der Waals surface area contributed by atoms with E-state index in [-0.39, 0.29) is 18.5 Å². The second kappa shape index (κ2) is 10.8. The van der Waals surface area contributed by atoms with Crippen molar-refractivity contribution < 1.29 is 14.7 Å². The molecule has 1 saturated heterocycles. The number of hydrogen-bond acceptors (Lipinski definition) is 3. The quantitative estimate of drug-likeness (QED) is 0.631. The number of carboxylic acids is 1. The summed E-state index contributed by atoms with van der Waals surface area (Å²) in [4.78, 5) is 25.7. The highest BCUT2D eigenvalue weighted by Crippen LogP contribution is 2.15. The van der Waals surface area contributed by atoms with Crippen LogP contribution in [0.5, 0.6) is 0 Å². The van der Waals surface area contributed by atoms with E-state index in [1.807, 2.05) is 30.3 Å². The Bertz CT molecular complexity index is 565. The minimum absolute atomic E-state index is 0.0457. The fourth-order valence-electron chi connectivity index (χ4n) is 3.58. The first-order valence-corrected chi connectivity index (χ1v) is 9.62. The van der Waals surface area contributed by atoms with Crippen molar-refractivity contribution in [2.75, 3.05) is 19.6 Å². The van der Waals surface area contributed by atoms with Crippen molar-refractivity contribution in [1.29, 1.82) is 0 Å². The monoisotopic (exact) mass is 361 g/mol. The summed E-state index contributed by atoms with van der Waals surface area (Å²) in [6, 6.07) is 9.83. The molecule has 0 aliphatic carbocycles. The minimum Gasteiger partial charge on any atom is -0.481 e. The van der Waals surface area contributed by atoms with Crippen LogP contribution in [0.25, 0.3) is 0 Å². The Kier molecular flexibility index (Phi) is 8.41. The van der Waals surface area contributed by atoms with Gasteiger partial charge in [-0.1, -0.05) is 43.7 Å². The number of hydrogen-bond donors (Lipinski definition) is 3. The second-order valence-corrected chi connectivity index (χ2v) is 6.95. The van der Waals surface area contributed by atoms with E-state index >= 15 is 0 Å². The lowest BCUT2D eigenvalue weighted by atomic mass is 10.0. The van der Waals surface area contributed by atoms with Crippen molar-refractivity contribution in [3.8, 4) is 0 Å². The Labute approximate surface area is 156 Å². The number of carboxylic acid groups (broad SMARTS) is 1. The van der Waals surface area contributed by atoms with Gasteiger partial charge < -0.3 is 15.7 Å². The molecule has 0 saturated carbocycles. The van der Waals surface area contributed by atoms with Crippen LogP contribution >= 0.6 is 0 Å². The normalized spacial score (nSPS) is 18.9. The zero-order valence-corrected chi connectivity index (χ0v) is 15.6. The summed E-state index contributed by atoms with van der Waals surface area (Å²) in [6.07, 6.45) is 4.64. The number of carbonyl (C=O) groups is 2. The topological polar surface area (TPSA) is 81.7 Å². The Morgan fingerprint density at radius 1 is 1.27 bits per heavy atom. The van der Waals surface area contributed by atoms with Crippen molar-refractivity contribution in [2.24, 2.45) is 0 Å². The summed E-state index contributed by atoms with van der Waals surface area (Å²) in [7, 11) is 0. The summed E-state index contributed by atoms with van der Waals surface area (Å²) >= 11 is 0. The van der Waals surface area contributed by atoms with E-state index in [1.54, 1.807) is 0 Å². The molecule has 1 fully saturated rings. The summed E-state index contributed by atoms with van der Waals surface area (Å²) < 4.78 is 0. The molecule has 0 radical (unpaired) electrons. The van der Waals surface area contributed by atoms with Crippen molar-refractivity contribution in [3.05, 3.63) is 35.9 Å². The third-order valence-corrected chi connectivity index (χ3v) is 5.02. The van der Waals surface area contributed by atoms with Crippen LogP contribution in [0.15, 0.2) is 30.3 Å². The molecule has 144 valence electrons. The molecular weight excluding hydrogens is 330 g/mol. The third kappa shape index (κ3) is 7.04. The van der Waals surface area contributed by atoms with Crippen LogP contribution in [0.2, 0.25) is 0 Å². The highest BCUT2D eigenvalue weighted by Gasteiger charge is 2.22. The van der Waals surface area contributed by atoms with Gasteiger partial charge in [-0.25, -0.2) is 4.79 Å². The Morgan fingerprint density at radius 2 is 2.04 bits per heavy atom. The third-order valence-electron chi connectivity index (χ3n) is 5.02. The predicted octanol–water partition coefficient (Wildman–Crippen LogP) is 2.64. The standard InChI is InChI=1S/C20H31N3O3/c1-2-23-13-7-6-10-18(23)15-21-20(26)22-17(11-12-19(24)25)14-16-8-4-3-5-9-16/h3-5,8-9,17-18H,2,6-7,10-15H2,1H3,(H,24,25)(H2,21,22,26). The number of nitrogens with zero attached hydrogens (tertiary/aromatic N) is 1. The van der Waals surface area contributed by atoms with Crippen molar-refractivity contribution in [3.63, 3.8) is 0 Å². The molecule has 0 spiro atoms. The maximum atomic E-state index is 12.3. The van der Waals surface area contributed by atoms with Crippen LogP contribution in [0.4, 0.5) is 4.79 Å². The molecule has 2 unspecified atom stereocenters. The predicted molar refractivity (Wildman–Crippen MR) is 102 cm³/mol. The zero-order chi connectivity index (χ0) is 18.8. The fourth-order valence-corrected chi connectivity index (χ4v) is 3.58. The smallest absolute Gasteiger partial charge is 0.315 e. The Hall–Kier alpha value is -2.08. The van der Waals surface area contributed by atoms with Gasteiger partial charge in [0.05, 0.1) is 0 Å². The molecule has 2 atom stereocenters. The number of aliphatic carboxylic acids is 1. The summed E-state index contributed by atoms with van der Waals surface area (Å²) in [5.74, 6) is -0.842. The first-order chi connectivity index (χ1) is 12.6. The van der Waals surface area contributed by atoms with Gasteiger partial charge in [0.25, 0.3) is 0 Å². The summed E-state index contributed by atoms with van der Waals surface area (Å²) in [6.45, 7) is 4.89. The number of carbonyl (C=O) groups excluding carboxylic acids is 1. The lowest BCUT2D eigenvalue weighted by Gasteiger charge is -2.35. The molecule has 2 rings (SSSR count). The van der Waals surface area contributed by atoms with E-state index in [0.717, 1.165) is 25.1 Å². The average molecular weight is 361 g/mol. The molecule has 1 aromatic rings. The number of nitrogens with one attached hydrogen (secondary N) is 2. The molecule has 1 aromatic carbocycles. The fraction of sp³-hybridized carbons (Fsp3) is 0.600. The van der Waals surface area contributed by atoms with Gasteiger partial charge in [0.15, 0.2) is 0 Å². The zero-order valence-electron chi connectivity index (χ0n) is 15.6. The molecule has 1 heterocycles. The van der Waals surface area contributed by atoms with Gasteiger partial charge >= 0.3 is 12.0 Å². The van der Waals surface area contributed by atoms with Crippen molar-refractivity contribution >= 4 is 12.0 Å². The van der Waals surface area contributed by atoms with Crippen LogP contribution in [0.1, 0.15) is 44.6 Å². The number of amides is 2. The molecule has 6 nitrogen and oxygen atoms in total. The summed E-state index contributed by atoms with van der Waals surface area (Å²) in [5.41, 5.74) is 1.09. The van der Waals surface area contributed by atoms with E-state index in [1.165, 1.54) is 12.8 Å². The van der Waals surface area contributed by atoms with Crippen LogP contribution in [0.3, 0.4) is 0 Å². The van der Waals surface area contributed by atoms with E-state index in [0.29, 0.717) is 25.4 Å². The molecule has 1 aliphatic rings. The first kappa shape index (κ1) is 20.2. The molecule has 6 heteroatoms. The van der Waals surface area contributed by atoms with Gasteiger partial charge in [-0.3, -0.25) is 9.69 Å². The van der Waals surface area contributed by atoms with Gasteiger partial charge in [0, 0.05) is 25.0 Å². The molecule has 1 aliphatic heterocycles. The Morgan fingerprint density at radius 3 is 2.73 bits per heavy atom. The maximum Gasteiger partial charge on any atom is 0.315 e. The molecule has 2 amide bonds. The van der Waals surface area contributed by atoms with Crippen molar-refractivity contribution in [1.82, 2.24) is 15.5 Å². The van der Waals surface area contributed by atoms with E-state index in [9.17, 15) is 9.59 Å². The maximum absolute atomic E-state index is 12.3. The second-order valence-electron chi connectivity index (χ2n) is 6.95. The lowest BCUT2D eigenvalue weighted by Crippen LogP contribution is -2.50. The molecular formula is C20H31N3O3. The average Bonchev–Trinajstić information content (AvgIpc) is 2.65. The highest BCUT2D eigenvalue weighted by atomic mass is 16.4.